The van der Waals surface area contributed by atoms with E-state index in [9.17, 15) is 4.79 Å². The number of amides is 1. The van der Waals surface area contributed by atoms with Gasteiger partial charge in [0.2, 0.25) is 5.91 Å². The van der Waals surface area contributed by atoms with Gasteiger partial charge < -0.3 is 14.8 Å². The Labute approximate surface area is 133 Å². The average molecular weight is 354 g/mol. The van der Waals surface area contributed by atoms with Crippen molar-refractivity contribution in [1.29, 1.82) is 0 Å². The molecule has 4 nitrogen and oxygen atoms in total. The second-order valence-corrected chi connectivity index (χ2v) is 6.57. The summed E-state index contributed by atoms with van der Waals surface area (Å²) in [7, 11) is 0. The number of hydrogen-bond acceptors (Lipinski definition) is 3. The van der Waals surface area contributed by atoms with Crippen molar-refractivity contribution in [2.24, 2.45) is 5.92 Å². The van der Waals surface area contributed by atoms with E-state index in [4.69, 9.17) is 9.47 Å². The number of anilines is 1. The third-order valence-corrected chi connectivity index (χ3v) is 4.82. The number of hydrogen-bond donors (Lipinski definition) is 1. The zero-order valence-electron chi connectivity index (χ0n) is 12.0. The molecule has 0 unspecified atom stereocenters. The van der Waals surface area contributed by atoms with Gasteiger partial charge in [-0.15, -0.1) is 0 Å². The van der Waals surface area contributed by atoms with E-state index in [0.717, 1.165) is 28.2 Å². The molecule has 5 heteroatoms. The Kier molecular flexibility index (Phi) is 4.68. The van der Waals surface area contributed by atoms with E-state index >= 15 is 0 Å². The van der Waals surface area contributed by atoms with Gasteiger partial charge in [0.05, 0.1) is 5.69 Å². The maximum atomic E-state index is 12.1. The van der Waals surface area contributed by atoms with Crippen LogP contribution in [0.4, 0.5) is 5.69 Å². The van der Waals surface area contributed by atoms with Crippen LogP contribution in [0.2, 0.25) is 0 Å². The number of nitrogens with one attached hydrogen (secondary N) is 1. The number of carbonyl (C=O) groups excluding carboxylic acids is 1. The second-order valence-electron chi connectivity index (χ2n) is 5.71. The number of benzene rings is 1. The van der Waals surface area contributed by atoms with Crippen molar-refractivity contribution in [3.63, 3.8) is 0 Å². The fourth-order valence-corrected chi connectivity index (χ4v) is 3.43. The Hall–Kier alpha value is -1.23. The van der Waals surface area contributed by atoms with Crippen LogP contribution in [0.5, 0.6) is 11.5 Å². The predicted octanol–water partition coefficient (Wildman–Crippen LogP) is 4.13. The first kappa shape index (κ1) is 14.7. The maximum absolute atomic E-state index is 12.1. The monoisotopic (exact) mass is 353 g/mol. The molecule has 1 N–H and O–H groups in total. The van der Waals surface area contributed by atoms with E-state index in [-0.39, 0.29) is 5.91 Å². The molecule has 1 aromatic carbocycles. The molecule has 0 spiro atoms. The highest BCUT2D eigenvalue weighted by molar-refractivity contribution is 9.10. The van der Waals surface area contributed by atoms with Gasteiger partial charge in [0.1, 0.15) is 13.2 Å². The van der Waals surface area contributed by atoms with E-state index in [2.05, 4.69) is 21.2 Å². The first-order valence-electron chi connectivity index (χ1n) is 7.61. The molecule has 1 saturated carbocycles. The van der Waals surface area contributed by atoms with Crippen molar-refractivity contribution in [3.05, 3.63) is 16.6 Å². The molecule has 114 valence electrons. The largest absolute Gasteiger partial charge is 0.486 e. The lowest BCUT2D eigenvalue weighted by Crippen LogP contribution is -2.17. The smallest absolute Gasteiger partial charge is 0.224 e. The van der Waals surface area contributed by atoms with E-state index in [0.29, 0.717) is 25.4 Å². The van der Waals surface area contributed by atoms with Crippen molar-refractivity contribution in [1.82, 2.24) is 0 Å². The summed E-state index contributed by atoms with van der Waals surface area (Å²) in [6.07, 6.45) is 6.78. The van der Waals surface area contributed by atoms with Crippen LogP contribution in [0, 0.1) is 5.92 Å². The molecule has 1 aliphatic carbocycles. The Morgan fingerprint density at radius 2 is 1.86 bits per heavy atom. The Bertz CT molecular complexity index is 526. The van der Waals surface area contributed by atoms with Gasteiger partial charge >= 0.3 is 0 Å². The summed E-state index contributed by atoms with van der Waals surface area (Å²) >= 11 is 3.47. The number of carbonyl (C=O) groups is 1. The summed E-state index contributed by atoms with van der Waals surface area (Å²) in [5.41, 5.74) is 0.746. The van der Waals surface area contributed by atoms with Crippen LogP contribution in [-0.2, 0) is 4.79 Å². The lowest BCUT2D eigenvalue weighted by atomic mass is 10.0. The van der Waals surface area contributed by atoms with Crippen molar-refractivity contribution in [3.8, 4) is 11.5 Å². The standard InChI is InChI=1S/C16H20BrNO3/c17-12-9-14-15(21-8-7-20-14)10-13(12)18-16(19)6-5-11-3-1-2-4-11/h9-11H,1-8H2,(H,18,19). The second kappa shape index (κ2) is 6.69. The van der Waals surface area contributed by atoms with Crippen LogP contribution in [0.1, 0.15) is 38.5 Å². The summed E-state index contributed by atoms with van der Waals surface area (Å²) in [4.78, 5) is 12.1. The number of halogens is 1. The van der Waals surface area contributed by atoms with Crippen molar-refractivity contribution in [2.45, 2.75) is 38.5 Å². The third-order valence-electron chi connectivity index (χ3n) is 4.16. The SMILES string of the molecule is O=C(CCC1CCCC1)Nc1cc2c(cc1Br)OCCO2. The minimum Gasteiger partial charge on any atom is -0.486 e. The highest BCUT2D eigenvalue weighted by Crippen LogP contribution is 2.38. The molecule has 1 aliphatic heterocycles. The summed E-state index contributed by atoms with van der Waals surface area (Å²) in [6, 6.07) is 3.67. The maximum Gasteiger partial charge on any atom is 0.224 e. The molecule has 1 aromatic rings. The number of rotatable bonds is 4. The van der Waals surface area contributed by atoms with Gasteiger partial charge in [0, 0.05) is 23.0 Å². The molecule has 1 fully saturated rings. The summed E-state index contributed by atoms with van der Waals surface area (Å²) in [5, 5.41) is 2.96. The minimum absolute atomic E-state index is 0.0688. The molecule has 3 rings (SSSR count). The molecule has 0 aromatic heterocycles. The molecular formula is C16H20BrNO3. The number of ether oxygens (including phenoxy) is 2. The molecule has 1 amide bonds. The van der Waals surface area contributed by atoms with Gasteiger partial charge in [-0.05, 0) is 28.3 Å². The normalized spacial score (nSPS) is 17.8. The van der Waals surface area contributed by atoms with Gasteiger partial charge in [-0.2, -0.15) is 0 Å². The fourth-order valence-electron chi connectivity index (χ4n) is 3.01. The molecule has 2 aliphatic rings. The van der Waals surface area contributed by atoms with Gasteiger partial charge in [-0.3, -0.25) is 4.79 Å². The summed E-state index contributed by atoms with van der Waals surface area (Å²) < 4.78 is 11.9. The van der Waals surface area contributed by atoms with Crippen LogP contribution in [0.25, 0.3) is 0 Å². The first-order chi connectivity index (χ1) is 10.2. The van der Waals surface area contributed by atoms with E-state index in [1.54, 1.807) is 0 Å². The lowest BCUT2D eigenvalue weighted by Gasteiger charge is -2.20. The number of fused-ring (bicyclic) bond motifs is 1. The van der Waals surface area contributed by atoms with Crippen LogP contribution < -0.4 is 14.8 Å². The highest BCUT2D eigenvalue weighted by atomic mass is 79.9. The molecule has 0 atom stereocenters. The van der Waals surface area contributed by atoms with E-state index in [1.807, 2.05) is 12.1 Å². The van der Waals surface area contributed by atoms with Crippen LogP contribution in [-0.4, -0.2) is 19.1 Å². The summed E-state index contributed by atoms with van der Waals surface area (Å²) in [6.45, 7) is 1.11. The van der Waals surface area contributed by atoms with Crippen LogP contribution >= 0.6 is 15.9 Å². The molecule has 0 saturated heterocycles. The lowest BCUT2D eigenvalue weighted by molar-refractivity contribution is -0.116. The molecule has 0 bridgehead atoms. The van der Waals surface area contributed by atoms with Crippen LogP contribution in [0.3, 0.4) is 0 Å². The van der Waals surface area contributed by atoms with E-state index < -0.39 is 0 Å². The van der Waals surface area contributed by atoms with Gasteiger partial charge in [-0.1, -0.05) is 25.7 Å². The van der Waals surface area contributed by atoms with Crippen molar-refractivity contribution < 1.29 is 14.3 Å². The Balaban J connectivity index is 1.59. The van der Waals surface area contributed by atoms with Gasteiger partial charge in [0.15, 0.2) is 11.5 Å². The fraction of sp³-hybridized carbons (Fsp3) is 0.562. The summed E-state index contributed by atoms with van der Waals surface area (Å²) in [5.74, 6) is 2.21. The Morgan fingerprint density at radius 1 is 1.19 bits per heavy atom. The average Bonchev–Trinajstić information content (AvgIpc) is 2.99. The first-order valence-corrected chi connectivity index (χ1v) is 8.40. The quantitative estimate of drug-likeness (QED) is 0.885. The van der Waals surface area contributed by atoms with Crippen LogP contribution in [0.15, 0.2) is 16.6 Å². The van der Waals surface area contributed by atoms with Gasteiger partial charge in [-0.25, -0.2) is 0 Å². The molecule has 21 heavy (non-hydrogen) atoms. The van der Waals surface area contributed by atoms with Gasteiger partial charge in [0.25, 0.3) is 0 Å². The topological polar surface area (TPSA) is 47.6 Å². The van der Waals surface area contributed by atoms with Crippen molar-refractivity contribution >= 4 is 27.5 Å². The molecule has 0 radical (unpaired) electrons. The van der Waals surface area contributed by atoms with E-state index in [1.165, 1.54) is 25.7 Å². The Morgan fingerprint density at radius 3 is 2.57 bits per heavy atom. The zero-order chi connectivity index (χ0) is 14.7. The zero-order valence-corrected chi connectivity index (χ0v) is 13.6. The molecule has 1 heterocycles. The third kappa shape index (κ3) is 3.70. The van der Waals surface area contributed by atoms with Crippen molar-refractivity contribution in [2.75, 3.05) is 18.5 Å². The molecular weight excluding hydrogens is 334 g/mol. The predicted molar refractivity (Wildman–Crippen MR) is 85.0 cm³/mol. The minimum atomic E-state index is 0.0688. The highest BCUT2D eigenvalue weighted by Gasteiger charge is 2.18.